The third-order valence-corrected chi connectivity index (χ3v) is 11.8. The minimum absolute atomic E-state index is 0.0633. The van der Waals surface area contributed by atoms with Crippen molar-refractivity contribution < 1.29 is 40.2 Å². The van der Waals surface area contributed by atoms with Gasteiger partial charge in [0.2, 0.25) is 0 Å². The molecule has 12 heteroatoms. The largest absolute Gasteiger partial charge is 0.573 e. The number of para-hydroxylation sites is 1. The van der Waals surface area contributed by atoms with Gasteiger partial charge in [-0.1, -0.05) is 137 Å². The molecule has 65 heavy (non-hydrogen) atoms. The summed E-state index contributed by atoms with van der Waals surface area (Å²) in [6.07, 6.45) is -9.70. The fourth-order valence-electron chi connectivity index (χ4n) is 7.91. The summed E-state index contributed by atoms with van der Waals surface area (Å²) >= 11 is 9.76. The SMILES string of the molecule is COc1cc(-c2ccccc2OC(F)(F)F)ccc1-c1ccc(-c2ccc(-c3ccc(-c4ccc(-c5ccc(-c6cccc(Cl)c6)c(F)c5)c(Br)c4)c(C#N)c3)c(C)c2)c(C(F)(F)F)c1. The molecule has 8 rings (SSSR count). The Morgan fingerprint density at radius 1 is 0.523 bits per heavy atom. The number of rotatable bonds is 9. The van der Waals surface area contributed by atoms with E-state index in [-0.39, 0.29) is 22.4 Å². The molecule has 0 heterocycles. The highest BCUT2D eigenvalue weighted by atomic mass is 79.9. The number of hydrogen-bond acceptors (Lipinski definition) is 3. The molecule has 0 aromatic heterocycles. The Morgan fingerprint density at radius 3 is 1.68 bits per heavy atom. The van der Waals surface area contributed by atoms with Crippen molar-refractivity contribution in [3.8, 4) is 95.5 Å². The number of nitrogens with zero attached hydrogens (tertiary/aromatic N) is 1. The second-order valence-corrected chi connectivity index (χ2v) is 16.3. The third kappa shape index (κ3) is 9.51. The molecule has 0 fully saturated rings. The molecule has 8 aromatic carbocycles. The van der Waals surface area contributed by atoms with E-state index < -0.39 is 29.7 Å². The van der Waals surface area contributed by atoms with Gasteiger partial charge >= 0.3 is 12.5 Å². The zero-order valence-corrected chi connectivity index (χ0v) is 36.5. The zero-order chi connectivity index (χ0) is 46.2. The molecule has 0 N–H and O–H groups in total. The van der Waals surface area contributed by atoms with Crippen LogP contribution in [0.25, 0.3) is 77.9 Å². The van der Waals surface area contributed by atoms with Gasteiger partial charge in [-0.2, -0.15) is 18.4 Å². The van der Waals surface area contributed by atoms with E-state index in [2.05, 4.69) is 26.7 Å². The molecular weight excluding hydrogens is 931 g/mol. The fraction of sp³-hybridized carbons (Fsp3) is 0.0755. The molecule has 0 aliphatic carbocycles. The maximum absolute atomic E-state index is 15.3. The molecule has 0 unspecified atom stereocenters. The molecule has 0 aliphatic rings. The summed E-state index contributed by atoms with van der Waals surface area (Å²) in [5.41, 5.74) is 6.58. The van der Waals surface area contributed by atoms with Crippen molar-refractivity contribution in [1.82, 2.24) is 0 Å². The van der Waals surface area contributed by atoms with Crippen LogP contribution in [0.1, 0.15) is 16.7 Å². The van der Waals surface area contributed by atoms with Gasteiger partial charge in [0, 0.05) is 26.2 Å². The van der Waals surface area contributed by atoms with Crippen molar-refractivity contribution in [2.24, 2.45) is 0 Å². The van der Waals surface area contributed by atoms with E-state index in [4.69, 9.17) is 16.3 Å². The fourth-order valence-corrected chi connectivity index (χ4v) is 8.71. The van der Waals surface area contributed by atoms with Crippen molar-refractivity contribution >= 4 is 27.5 Å². The number of methoxy groups -OCH3 is 1. The van der Waals surface area contributed by atoms with Gasteiger partial charge in [-0.3, -0.25) is 0 Å². The molecule has 0 saturated carbocycles. The Hall–Kier alpha value is -6.87. The summed E-state index contributed by atoms with van der Waals surface area (Å²) in [4.78, 5) is 0. The summed E-state index contributed by atoms with van der Waals surface area (Å²) in [5, 5.41) is 10.8. The van der Waals surface area contributed by atoms with Crippen molar-refractivity contribution in [2.75, 3.05) is 7.11 Å². The van der Waals surface area contributed by atoms with E-state index in [1.165, 1.54) is 61.7 Å². The van der Waals surface area contributed by atoms with E-state index in [1.807, 2.05) is 36.4 Å². The maximum atomic E-state index is 15.3. The topological polar surface area (TPSA) is 42.2 Å². The molecule has 0 aliphatic heterocycles. The van der Waals surface area contributed by atoms with Gasteiger partial charge in [0.05, 0.1) is 24.3 Å². The first-order valence-corrected chi connectivity index (χ1v) is 20.9. The van der Waals surface area contributed by atoms with Gasteiger partial charge in [-0.25, -0.2) is 4.39 Å². The van der Waals surface area contributed by atoms with Crippen LogP contribution in [0.4, 0.5) is 30.7 Å². The van der Waals surface area contributed by atoms with Crippen molar-refractivity contribution in [3.05, 3.63) is 190 Å². The average molecular weight is 963 g/mol. The lowest BCUT2D eigenvalue weighted by Crippen LogP contribution is -2.17. The van der Waals surface area contributed by atoms with Gasteiger partial charge < -0.3 is 9.47 Å². The van der Waals surface area contributed by atoms with E-state index in [0.29, 0.717) is 70.7 Å². The number of ether oxygens (including phenoxy) is 2. The van der Waals surface area contributed by atoms with Gasteiger partial charge in [0.25, 0.3) is 0 Å². The van der Waals surface area contributed by atoms with E-state index in [9.17, 15) is 31.6 Å². The maximum Gasteiger partial charge on any atom is 0.573 e. The Bertz CT molecular complexity index is 3170. The van der Waals surface area contributed by atoms with Crippen LogP contribution in [0.2, 0.25) is 5.02 Å². The molecule has 0 saturated heterocycles. The van der Waals surface area contributed by atoms with E-state index in [1.54, 1.807) is 67.6 Å². The van der Waals surface area contributed by atoms with Crippen molar-refractivity contribution in [1.29, 1.82) is 5.26 Å². The Morgan fingerprint density at radius 2 is 1.06 bits per heavy atom. The summed E-state index contributed by atoms with van der Waals surface area (Å²) in [5.74, 6) is -0.697. The van der Waals surface area contributed by atoms with Crippen molar-refractivity contribution in [2.45, 2.75) is 19.5 Å². The lowest BCUT2D eigenvalue weighted by molar-refractivity contribution is -0.274. The van der Waals surface area contributed by atoms with Gasteiger partial charge in [-0.05, 0) is 122 Å². The predicted octanol–water partition coefficient (Wildman–Crippen LogP) is 17.0. The quantitative estimate of drug-likeness (QED) is 0.135. The van der Waals surface area contributed by atoms with Gasteiger partial charge in [0.15, 0.2) is 0 Å². The molecular formula is C53H32BrClF7NO2. The summed E-state index contributed by atoms with van der Waals surface area (Å²) in [7, 11) is 1.32. The Balaban J connectivity index is 1.07. The third-order valence-electron chi connectivity index (χ3n) is 10.9. The number of halogens is 9. The van der Waals surface area contributed by atoms with E-state index >= 15 is 4.39 Å². The Labute approximate surface area is 383 Å². The molecule has 0 atom stereocenters. The first-order chi connectivity index (χ1) is 31.0. The highest BCUT2D eigenvalue weighted by Gasteiger charge is 2.35. The minimum Gasteiger partial charge on any atom is -0.496 e. The molecule has 3 nitrogen and oxygen atoms in total. The molecule has 0 spiro atoms. The van der Waals surface area contributed by atoms with E-state index in [0.717, 1.165) is 17.2 Å². The number of aryl methyl sites for hydroxylation is 1. The number of benzene rings is 8. The molecule has 8 aromatic rings. The lowest BCUT2D eigenvalue weighted by atomic mass is 9.89. The second-order valence-electron chi connectivity index (χ2n) is 15.0. The second kappa shape index (κ2) is 18.0. The summed E-state index contributed by atoms with van der Waals surface area (Å²) < 4.78 is 110. The average Bonchev–Trinajstić information content (AvgIpc) is 3.27. The number of alkyl halides is 6. The highest BCUT2D eigenvalue weighted by molar-refractivity contribution is 9.10. The van der Waals surface area contributed by atoms with Crippen LogP contribution in [0, 0.1) is 24.1 Å². The monoisotopic (exact) mass is 961 g/mol. The van der Waals surface area contributed by atoms with Crippen LogP contribution >= 0.6 is 27.5 Å². The zero-order valence-electron chi connectivity index (χ0n) is 34.2. The normalized spacial score (nSPS) is 11.6. The van der Waals surface area contributed by atoms with Crippen LogP contribution in [0.15, 0.2) is 162 Å². The number of nitriles is 1. The van der Waals surface area contributed by atoms with Crippen LogP contribution < -0.4 is 9.47 Å². The van der Waals surface area contributed by atoms with Crippen LogP contribution in [-0.2, 0) is 6.18 Å². The van der Waals surface area contributed by atoms with Gasteiger partial charge in [0.1, 0.15) is 17.3 Å². The molecule has 0 radical (unpaired) electrons. The lowest BCUT2D eigenvalue weighted by Gasteiger charge is -2.18. The minimum atomic E-state index is -4.93. The molecule has 0 bridgehead atoms. The number of hydrogen-bond donors (Lipinski definition) is 0. The van der Waals surface area contributed by atoms with Crippen LogP contribution in [-0.4, -0.2) is 13.5 Å². The van der Waals surface area contributed by atoms with Crippen molar-refractivity contribution in [3.63, 3.8) is 0 Å². The smallest absolute Gasteiger partial charge is 0.496 e. The predicted molar refractivity (Wildman–Crippen MR) is 245 cm³/mol. The van der Waals surface area contributed by atoms with Crippen LogP contribution in [0.3, 0.4) is 0 Å². The molecule has 0 amide bonds. The van der Waals surface area contributed by atoms with Crippen LogP contribution in [0.5, 0.6) is 11.5 Å². The highest BCUT2D eigenvalue weighted by Crippen LogP contribution is 2.44. The Kier molecular flexibility index (Phi) is 12.4. The summed E-state index contributed by atoms with van der Waals surface area (Å²) in [6.45, 7) is 1.78. The first-order valence-electron chi connectivity index (χ1n) is 19.8. The summed E-state index contributed by atoms with van der Waals surface area (Å²) in [6, 6.07) is 44.1. The molecule has 324 valence electrons. The van der Waals surface area contributed by atoms with Gasteiger partial charge in [-0.15, -0.1) is 13.2 Å². The standard InChI is InChI=1S/C53H32BrClF7NO2/c1-30-22-32(42-18-12-34(25-47(42)52(57,58)59)46-21-15-37(28-51(46)64-2)45-8-3-4-9-50(45)65-53(60,61)62)10-16-40(30)33-11-17-41(38(23-33)29-63)35-13-19-43(48(54)26-35)36-14-20-44(49(56)27-36)31-6-5-7-39(55)24-31/h3-28H,1-2H3. The first kappa shape index (κ1) is 44.7.